The van der Waals surface area contributed by atoms with Gasteiger partial charge in [-0.15, -0.1) is 11.3 Å². The van der Waals surface area contributed by atoms with Crippen LogP contribution in [0.4, 0.5) is 4.79 Å². The summed E-state index contributed by atoms with van der Waals surface area (Å²) >= 11 is 1.78. The van der Waals surface area contributed by atoms with Crippen LogP contribution in [0.25, 0.3) is 10.2 Å². The first-order valence-electron chi connectivity index (χ1n) is 12.7. The predicted molar refractivity (Wildman–Crippen MR) is 130 cm³/mol. The van der Waals surface area contributed by atoms with Crippen LogP contribution >= 0.6 is 11.3 Å². The number of aromatic nitrogens is 1. The lowest BCUT2D eigenvalue weighted by molar-refractivity contribution is -0.132. The Kier molecular flexibility index (Phi) is 5.55. The summed E-state index contributed by atoms with van der Waals surface area (Å²) in [4.78, 5) is 32.1. The molecule has 2 N–H and O–H groups in total. The van der Waals surface area contributed by atoms with Gasteiger partial charge >= 0.3 is 6.03 Å². The molecule has 2 aromatic rings. The molecule has 7 rings (SSSR count). The number of carbonyl (C=O) groups excluding carboxylic acids is 2. The number of nitrogens with one attached hydrogen (secondary N) is 2. The number of piperidine rings is 1. The van der Waals surface area contributed by atoms with Crippen molar-refractivity contribution in [2.45, 2.75) is 69.2 Å². The molecule has 1 aromatic carbocycles. The third-order valence-corrected chi connectivity index (χ3v) is 9.75. The SMILES string of the molecule is O=C(NCCC(=O)N1CCC(c2nc3ccccc3s2)CC1)NC12CC3CC(CC(C3)C1)C2. The van der Waals surface area contributed by atoms with Crippen LogP contribution < -0.4 is 10.6 Å². The van der Waals surface area contributed by atoms with Crippen LogP contribution in [0, 0.1) is 17.8 Å². The first-order valence-corrected chi connectivity index (χ1v) is 13.6. The summed E-state index contributed by atoms with van der Waals surface area (Å²) in [5.74, 6) is 3.01. The Morgan fingerprint density at radius 2 is 1.70 bits per heavy atom. The van der Waals surface area contributed by atoms with Crippen LogP contribution in [-0.4, -0.2) is 47.0 Å². The molecule has 6 nitrogen and oxygen atoms in total. The molecule has 4 saturated carbocycles. The van der Waals surface area contributed by atoms with Gasteiger partial charge in [-0.1, -0.05) is 12.1 Å². The number of urea groups is 1. The standard InChI is InChI=1S/C26H34N4O2S/c31-23(30-9-6-20(7-10-30)24-28-21-3-1-2-4-22(21)33-24)5-8-27-25(32)29-26-14-17-11-18(15-26)13-19(12-17)16-26/h1-4,17-20H,5-16H2,(H2,27,29,32). The molecule has 1 aromatic heterocycles. The zero-order valence-electron chi connectivity index (χ0n) is 19.2. The van der Waals surface area contributed by atoms with Crippen LogP contribution in [-0.2, 0) is 4.79 Å². The Balaban J connectivity index is 0.945. The first kappa shape index (κ1) is 21.4. The fraction of sp³-hybridized carbons (Fsp3) is 0.654. The summed E-state index contributed by atoms with van der Waals surface area (Å²) in [6.45, 7) is 1.96. The molecule has 0 unspecified atom stereocenters. The monoisotopic (exact) mass is 466 g/mol. The molecule has 2 heterocycles. The maximum absolute atomic E-state index is 12.7. The average molecular weight is 467 g/mol. The fourth-order valence-corrected chi connectivity index (χ4v) is 8.57. The van der Waals surface area contributed by atoms with Gasteiger partial charge < -0.3 is 15.5 Å². The van der Waals surface area contributed by atoms with E-state index in [2.05, 4.69) is 28.8 Å². The second kappa shape index (κ2) is 8.57. The number of para-hydroxylation sites is 1. The van der Waals surface area contributed by atoms with E-state index in [1.807, 2.05) is 11.0 Å². The van der Waals surface area contributed by atoms with Gasteiger partial charge in [-0.3, -0.25) is 4.79 Å². The highest BCUT2D eigenvalue weighted by atomic mass is 32.1. The van der Waals surface area contributed by atoms with Gasteiger partial charge in [-0.05, 0) is 81.3 Å². The summed E-state index contributed by atoms with van der Waals surface area (Å²) in [5.41, 5.74) is 1.10. The van der Waals surface area contributed by atoms with E-state index in [0.29, 0.717) is 18.9 Å². The molecular weight excluding hydrogens is 432 g/mol. The van der Waals surface area contributed by atoms with E-state index < -0.39 is 0 Å². The number of benzene rings is 1. The van der Waals surface area contributed by atoms with Crippen molar-refractivity contribution in [1.29, 1.82) is 0 Å². The molecule has 5 aliphatic rings. The fourth-order valence-electron chi connectivity index (χ4n) is 7.43. The van der Waals surface area contributed by atoms with E-state index in [-0.39, 0.29) is 17.5 Å². The van der Waals surface area contributed by atoms with Crippen molar-refractivity contribution in [2.24, 2.45) is 17.8 Å². The second-order valence-electron chi connectivity index (χ2n) is 11.0. The minimum absolute atomic E-state index is 0.0192. The van der Waals surface area contributed by atoms with Gasteiger partial charge in [0.05, 0.1) is 15.2 Å². The number of fused-ring (bicyclic) bond motifs is 1. The van der Waals surface area contributed by atoms with E-state index in [4.69, 9.17) is 4.98 Å². The molecule has 3 amide bonds. The Hall–Kier alpha value is -2.15. The van der Waals surface area contributed by atoms with Crippen LogP contribution in [0.3, 0.4) is 0 Å². The molecule has 1 saturated heterocycles. The Morgan fingerprint density at radius 3 is 2.36 bits per heavy atom. The molecular formula is C26H34N4O2S. The Labute approximate surface area is 199 Å². The van der Waals surface area contributed by atoms with E-state index >= 15 is 0 Å². The highest BCUT2D eigenvalue weighted by Crippen LogP contribution is 2.55. The summed E-state index contributed by atoms with van der Waals surface area (Å²) in [7, 11) is 0. The van der Waals surface area contributed by atoms with Gasteiger partial charge in [0.2, 0.25) is 5.91 Å². The lowest BCUT2D eigenvalue weighted by Gasteiger charge is -2.56. The van der Waals surface area contributed by atoms with E-state index in [1.54, 1.807) is 11.3 Å². The number of rotatable bonds is 5. The van der Waals surface area contributed by atoms with Crippen LogP contribution in [0.1, 0.15) is 68.7 Å². The lowest BCUT2D eigenvalue weighted by Crippen LogP contribution is -2.61. The molecule has 176 valence electrons. The summed E-state index contributed by atoms with van der Waals surface area (Å²) in [6, 6.07) is 8.20. The van der Waals surface area contributed by atoms with Crippen LogP contribution in [0.15, 0.2) is 24.3 Å². The highest BCUT2D eigenvalue weighted by Gasteiger charge is 2.51. The molecule has 0 spiro atoms. The van der Waals surface area contributed by atoms with Gasteiger partial charge in [0.15, 0.2) is 0 Å². The van der Waals surface area contributed by atoms with Gasteiger partial charge in [0, 0.05) is 37.5 Å². The molecule has 7 heteroatoms. The van der Waals surface area contributed by atoms with E-state index in [1.165, 1.54) is 29.0 Å². The van der Waals surface area contributed by atoms with Gasteiger partial charge in [-0.2, -0.15) is 0 Å². The van der Waals surface area contributed by atoms with Crippen molar-refractivity contribution in [3.63, 3.8) is 0 Å². The van der Waals surface area contributed by atoms with Crippen molar-refractivity contribution in [1.82, 2.24) is 20.5 Å². The highest BCUT2D eigenvalue weighted by molar-refractivity contribution is 7.18. The molecule has 33 heavy (non-hydrogen) atoms. The van der Waals surface area contributed by atoms with Gasteiger partial charge in [-0.25, -0.2) is 9.78 Å². The van der Waals surface area contributed by atoms with E-state index in [0.717, 1.165) is 68.5 Å². The lowest BCUT2D eigenvalue weighted by atomic mass is 9.53. The molecule has 5 fully saturated rings. The minimum atomic E-state index is -0.0840. The number of likely N-dealkylation sites (tertiary alicyclic amines) is 1. The molecule has 0 radical (unpaired) electrons. The first-order chi connectivity index (χ1) is 16.1. The summed E-state index contributed by atoms with van der Waals surface area (Å²) in [6.07, 6.45) is 9.85. The average Bonchev–Trinajstić information content (AvgIpc) is 3.22. The maximum atomic E-state index is 12.7. The smallest absolute Gasteiger partial charge is 0.315 e. The maximum Gasteiger partial charge on any atom is 0.315 e. The van der Waals surface area contributed by atoms with Crippen molar-refractivity contribution in [3.8, 4) is 0 Å². The Morgan fingerprint density at radius 1 is 1.03 bits per heavy atom. The molecule has 4 bridgehead atoms. The minimum Gasteiger partial charge on any atom is -0.343 e. The number of hydrogen-bond acceptors (Lipinski definition) is 4. The van der Waals surface area contributed by atoms with Crippen molar-refractivity contribution in [2.75, 3.05) is 19.6 Å². The van der Waals surface area contributed by atoms with Crippen molar-refractivity contribution in [3.05, 3.63) is 29.3 Å². The Bertz CT molecular complexity index is 974. The van der Waals surface area contributed by atoms with Gasteiger partial charge in [0.1, 0.15) is 0 Å². The van der Waals surface area contributed by atoms with Crippen LogP contribution in [0.5, 0.6) is 0 Å². The number of amides is 3. The molecule has 4 aliphatic carbocycles. The largest absolute Gasteiger partial charge is 0.343 e. The van der Waals surface area contributed by atoms with Crippen molar-refractivity contribution >= 4 is 33.5 Å². The third-order valence-electron chi connectivity index (χ3n) is 8.55. The predicted octanol–water partition coefficient (Wildman–Crippen LogP) is 4.66. The number of thiazole rings is 1. The zero-order chi connectivity index (χ0) is 22.4. The second-order valence-corrected chi connectivity index (χ2v) is 12.1. The van der Waals surface area contributed by atoms with Gasteiger partial charge in [0.25, 0.3) is 0 Å². The number of carbonyl (C=O) groups is 2. The number of hydrogen-bond donors (Lipinski definition) is 2. The number of nitrogens with zero attached hydrogens (tertiary/aromatic N) is 2. The summed E-state index contributed by atoms with van der Waals surface area (Å²) < 4.78 is 1.24. The normalized spacial score (nSPS) is 31.2. The van der Waals surface area contributed by atoms with Crippen LogP contribution in [0.2, 0.25) is 0 Å². The topological polar surface area (TPSA) is 74.3 Å². The van der Waals surface area contributed by atoms with Crippen molar-refractivity contribution < 1.29 is 9.59 Å². The molecule has 0 atom stereocenters. The quantitative estimate of drug-likeness (QED) is 0.673. The molecule has 1 aliphatic heterocycles. The van der Waals surface area contributed by atoms with E-state index in [9.17, 15) is 9.59 Å². The summed E-state index contributed by atoms with van der Waals surface area (Å²) in [5, 5.41) is 7.50. The zero-order valence-corrected chi connectivity index (χ0v) is 20.0. The third kappa shape index (κ3) is 4.36.